The number of nitrogens with zero attached hydrogens (tertiary/aromatic N) is 2. The molecule has 23 heavy (non-hydrogen) atoms. The van der Waals surface area contributed by atoms with Crippen LogP contribution in [-0.2, 0) is 4.79 Å². The molecular formula is C16H27IN4O2. The third-order valence-electron chi connectivity index (χ3n) is 3.09. The highest BCUT2D eigenvalue weighted by molar-refractivity contribution is 14.1. The molecular weight excluding hydrogens is 407 g/mol. The maximum Gasteiger partial charge on any atom is 0.247 e. The van der Waals surface area contributed by atoms with E-state index in [0.717, 1.165) is 18.8 Å². The fourth-order valence-electron chi connectivity index (χ4n) is 1.83. The fraction of sp³-hybridized carbons (Fsp3) is 0.438. The Labute approximate surface area is 152 Å². The number of benzene rings is 1. The molecule has 1 rings (SSSR count). The van der Waals surface area contributed by atoms with E-state index < -0.39 is 0 Å². The molecule has 0 atom stereocenters. The molecule has 0 aromatic heterocycles. The molecule has 0 radical (unpaired) electrons. The molecule has 0 heterocycles. The van der Waals surface area contributed by atoms with Crippen molar-refractivity contribution in [1.82, 2.24) is 4.90 Å². The van der Waals surface area contributed by atoms with E-state index in [2.05, 4.69) is 39.4 Å². The van der Waals surface area contributed by atoms with Crippen molar-refractivity contribution in [2.45, 2.75) is 0 Å². The molecule has 6 nitrogen and oxygen atoms in total. The number of rotatable bonds is 7. The van der Waals surface area contributed by atoms with Gasteiger partial charge >= 0.3 is 0 Å². The van der Waals surface area contributed by atoms with Crippen LogP contribution in [0.5, 0.6) is 5.75 Å². The Morgan fingerprint density at radius 2 is 1.96 bits per heavy atom. The summed E-state index contributed by atoms with van der Waals surface area (Å²) in [7, 11) is 7.55. The number of anilines is 3. The van der Waals surface area contributed by atoms with Crippen molar-refractivity contribution in [1.29, 1.82) is 0 Å². The number of likely N-dealkylation sites (N-methyl/N-ethyl adjacent to an activating group) is 2. The van der Waals surface area contributed by atoms with E-state index in [1.54, 1.807) is 13.2 Å². The molecule has 0 bridgehead atoms. The average Bonchev–Trinajstić information content (AvgIpc) is 2.54. The van der Waals surface area contributed by atoms with E-state index in [9.17, 15) is 4.79 Å². The van der Waals surface area contributed by atoms with Crippen molar-refractivity contribution in [3.8, 4) is 5.75 Å². The number of carbonyl (C=O) groups is 1. The maximum atomic E-state index is 11.6. The highest BCUT2D eigenvalue weighted by Gasteiger charge is 2.13. The first-order chi connectivity index (χ1) is 10.9. The highest BCUT2D eigenvalue weighted by Crippen LogP contribution is 2.34. The molecule has 0 fully saturated rings. The third-order valence-corrected chi connectivity index (χ3v) is 3.09. The molecule has 0 aliphatic rings. The minimum atomic E-state index is -0.276. The minimum Gasteiger partial charge on any atom is -0.495 e. The van der Waals surface area contributed by atoms with Gasteiger partial charge in [-0.1, -0.05) is 29.2 Å². The topological polar surface area (TPSA) is 70.8 Å². The van der Waals surface area contributed by atoms with Crippen molar-refractivity contribution in [3.63, 3.8) is 0 Å². The number of nitrogen functional groups attached to an aromatic ring is 1. The average molecular weight is 434 g/mol. The number of hydrogen-bond donors (Lipinski definition) is 2. The predicted octanol–water partition coefficient (Wildman–Crippen LogP) is 2.45. The van der Waals surface area contributed by atoms with Crippen LogP contribution in [-0.4, -0.2) is 57.1 Å². The molecule has 0 unspecified atom stereocenters. The molecule has 0 aliphatic heterocycles. The Bertz CT molecular complexity index is 521. The SMILES string of the molecule is C=CC(=O)Nc1cc(N)c(OC)cc1N(C)CCN(C)C.CI. The molecule has 0 aliphatic carbocycles. The Hall–Kier alpha value is -1.48. The van der Waals surface area contributed by atoms with Crippen LogP contribution in [0.15, 0.2) is 24.8 Å². The van der Waals surface area contributed by atoms with Gasteiger partial charge < -0.3 is 25.6 Å². The summed E-state index contributed by atoms with van der Waals surface area (Å²) in [5, 5.41) is 2.77. The van der Waals surface area contributed by atoms with Crippen molar-refractivity contribution >= 4 is 45.6 Å². The number of carbonyl (C=O) groups excluding carboxylic acids is 1. The molecule has 130 valence electrons. The van der Waals surface area contributed by atoms with Crippen LogP contribution in [0, 0.1) is 0 Å². The largest absolute Gasteiger partial charge is 0.495 e. The van der Waals surface area contributed by atoms with E-state index in [1.807, 2.05) is 37.0 Å². The molecule has 7 heteroatoms. The van der Waals surface area contributed by atoms with E-state index >= 15 is 0 Å². The van der Waals surface area contributed by atoms with Gasteiger partial charge in [0.2, 0.25) is 5.91 Å². The summed E-state index contributed by atoms with van der Waals surface area (Å²) in [6.07, 6.45) is 1.23. The van der Waals surface area contributed by atoms with Crippen LogP contribution in [0.25, 0.3) is 0 Å². The van der Waals surface area contributed by atoms with Gasteiger partial charge in [-0.2, -0.15) is 0 Å². The van der Waals surface area contributed by atoms with Crippen molar-refractivity contribution in [2.75, 3.05) is 62.2 Å². The van der Waals surface area contributed by atoms with Gasteiger partial charge in [0.25, 0.3) is 0 Å². The van der Waals surface area contributed by atoms with Crippen LogP contribution in [0.4, 0.5) is 17.1 Å². The monoisotopic (exact) mass is 434 g/mol. The number of amides is 1. The van der Waals surface area contributed by atoms with E-state index in [4.69, 9.17) is 10.5 Å². The zero-order chi connectivity index (χ0) is 18.0. The zero-order valence-electron chi connectivity index (χ0n) is 14.5. The second kappa shape index (κ2) is 11.1. The lowest BCUT2D eigenvalue weighted by Gasteiger charge is -2.25. The fourth-order valence-corrected chi connectivity index (χ4v) is 1.83. The lowest BCUT2D eigenvalue weighted by molar-refractivity contribution is -0.111. The van der Waals surface area contributed by atoms with E-state index in [0.29, 0.717) is 17.1 Å². The van der Waals surface area contributed by atoms with E-state index in [1.165, 1.54) is 6.08 Å². The number of nitrogens with one attached hydrogen (secondary N) is 1. The summed E-state index contributed by atoms with van der Waals surface area (Å²) in [6.45, 7) is 5.15. The Balaban J connectivity index is 0.00000232. The van der Waals surface area contributed by atoms with Gasteiger partial charge in [0, 0.05) is 26.2 Å². The minimum absolute atomic E-state index is 0.276. The first kappa shape index (κ1) is 21.5. The Kier molecular flexibility index (Phi) is 10.4. The summed E-state index contributed by atoms with van der Waals surface area (Å²) < 4.78 is 5.25. The molecule has 1 amide bonds. The van der Waals surface area contributed by atoms with Crippen LogP contribution in [0.3, 0.4) is 0 Å². The maximum absolute atomic E-state index is 11.6. The van der Waals surface area contributed by atoms with Crippen molar-refractivity contribution in [2.24, 2.45) is 0 Å². The molecule has 1 aromatic rings. The number of alkyl halides is 1. The lowest BCUT2D eigenvalue weighted by Crippen LogP contribution is -2.29. The van der Waals surface area contributed by atoms with Gasteiger partial charge in [-0.05, 0) is 31.2 Å². The highest BCUT2D eigenvalue weighted by atomic mass is 127. The summed E-state index contributed by atoms with van der Waals surface area (Å²) in [5.74, 6) is 0.306. The van der Waals surface area contributed by atoms with Crippen LogP contribution in [0.1, 0.15) is 0 Å². The standard InChI is InChI=1S/C15H24N4O2.CH3I/c1-6-15(20)17-12-9-11(16)14(21-5)10-13(12)19(4)8-7-18(2)3;1-2/h6,9-10H,1,7-8,16H2,2-5H3,(H,17,20);1H3. The van der Waals surface area contributed by atoms with Crippen LogP contribution >= 0.6 is 22.6 Å². The molecule has 3 N–H and O–H groups in total. The second-order valence-corrected chi connectivity index (χ2v) is 5.03. The third kappa shape index (κ3) is 7.08. The van der Waals surface area contributed by atoms with Gasteiger partial charge in [0.05, 0.1) is 24.2 Å². The number of halogens is 1. The molecule has 1 aromatic carbocycles. The molecule has 0 saturated heterocycles. The summed E-state index contributed by atoms with van der Waals surface area (Å²) in [6, 6.07) is 3.52. The van der Waals surface area contributed by atoms with Crippen molar-refractivity contribution in [3.05, 3.63) is 24.8 Å². The Morgan fingerprint density at radius 1 is 1.35 bits per heavy atom. The van der Waals surface area contributed by atoms with Gasteiger partial charge in [-0.15, -0.1) is 0 Å². The van der Waals surface area contributed by atoms with Crippen molar-refractivity contribution < 1.29 is 9.53 Å². The lowest BCUT2D eigenvalue weighted by atomic mass is 10.2. The summed E-state index contributed by atoms with van der Waals surface area (Å²) >= 11 is 2.15. The zero-order valence-corrected chi connectivity index (χ0v) is 16.7. The molecule has 0 spiro atoms. The first-order valence-electron chi connectivity index (χ1n) is 7.03. The number of nitrogens with two attached hydrogens (primary N) is 1. The number of methoxy groups -OCH3 is 1. The number of hydrogen-bond acceptors (Lipinski definition) is 5. The van der Waals surface area contributed by atoms with Gasteiger partial charge in [-0.25, -0.2) is 0 Å². The quantitative estimate of drug-likeness (QED) is 0.299. The smallest absolute Gasteiger partial charge is 0.247 e. The van der Waals surface area contributed by atoms with Gasteiger partial charge in [0.1, 0.15) is 5.75 Å². The van der Waals surface area contributed by atoms with Crippen LogP contribution < -0.4 is 20.7 Å². The first-order valence-corrected chi connectivity index (χ1v) is 9.19. The second-order valence-electron chi connectivity index (χ2n) is 5.03. The predicted molar refractivity (Wildman–Crippen MR) is 108 cm³/mol. The Morgan fingerprint density at radius 3 is 2.43 bits per heavy atom. The summed E-state index contributed by atoms with van der Waals surface area (Å²) in [5.41, 5.74) is 7.87. The van der Waals surface area contributed by atoms with Crippen LogP contribution in [0.2, 0.25) is 0 Å². The normalized spacial score (nSPS) is 9.70. The summed E-state index contributed by atoms with van der Waals surface area (Å²) in [4.78, 5) is 17.7. The van der Waals surface area contributed by atoms with E-state index in [-0.39, 0.29) is 5.91 Å². The molecule has 0 saturated carbocycles. The van der Waals surface area contributed by atoms with Gasteiger partial charge in [-0.3, -0.25) is 4.79 Å². The van der Waals surface area contributed by atoms with Gasteiger partial charge in [0.15, 0.2) is 0 Å². The number of ether oxygens (including phenoxy) is 1.